The summed E-state index contributed by atoms with van der Waals surface area (Å²) in [7, 11) is -3.89. The molecule has 3 aliphatic heterocycles. The van der Waals surface area contributed by atoms with Crippen LogP contribution in [0.2, 0.25) is 0 Å². The molecule has 3 fully saturated rings. The van der Waals surface area contributed by atoms with Gasteiger partial charge >= 0.3 is 0 Å². The fourth-order valence-corrected chi connectivity index (χ4v) is 8.03. The van der Waals surface area contributed by atoms with Crippen LogP contribution in [0.15, 0.2) is 65.8 Å². The first-order valence-electron chi connectivity index (χ1n) is 15.3. The lowest BCUT2D eigenvalue weighted by atomic mass is 9.70. The molecule has 1 aromatic heterocycles. The fourth-order valence-electron chi connectivity index (χ4n) is 7.47. The van der Waals surface area contributed by atoms with E-state index in [1.807, 2.05) is 29.7 Å². The third-order valence-electron chi connectivity index (χ3n) is 10.00. The van der Waals surface area contributed by atoms with E-state index < -0.39 is 10.0 Å². The lowest BCUT2D eigenvalue weighted by Gasteiger charge is -2.43. The number of primary sulfonamides is 1. The number of piperidine rings is 1. The van der Waals surface area contributed by atoms with E-state index in [-0.39, 0.29) is 22.1 Å². The van der Waals surface area contributed by atoms with Crippen molar-refractivity contribution in [2.24, 2.45) is 17.0 Å². The largest absolute Gasteiger partial charge is 0.339 e. The number of nitrogens with two attached hydrogens (primary N) is 1. The molecular weight excluding hydrogens is 576 g/mol. The minimum absolute atomic E-state index is 0.0438. The van der Waals surface area contributed by atoms with Crippen LogP contribution in [0.1, 0.15) is 56.9 Å². The molecule has 4 heterocycles. The van der Waals surface area contributed by atoms with Gasteiger partial charge in [0, 0.05) is 44.8 Å². The van der Waals surface area contributed by atoms with E-state index in [4.69, 9.17) is 5.14 Å². The van der Waals surface area contributed by atoms with E-state index in [2.05, 4.69) is 39.1 Å². The molecule has 232 valence electrons. The summed E-state index contributed by atoms with van der Waals surface area (Å²) in [6.45, 7) is 9.38. The number of sulfonamides is 1. The van der Waals surface area contributed by atoms with E-state index in [0.29, 0.717) is 36.1 Å². The van der Waals surface area contributed by atoms with Gasteiger partial charge < -0.3 is 14.7 Å². The van der Waals surface area contributed by atoms with Crippen molar-refractivity contribution in [2.45, 2.75) is 43.4 Å². The predicted octanol–water partition coefficient (Wildman–Crippen LogP) is 3.01. The topological polar surface area (TPSA) is 130 Å². The van der Waals surface area contributed by atoms with Gasteiger partial charge in [0.2, 0.25) is 10.0 Å². The SMILES string of the molecule is Cc1ncnc(C)c1C(=O)N1CC2CN(CCC3(c4ccccc4)CCN(C(=O)c4cccc(S(N)(=O)=O)c4)CC3)CC2C1. The Hall–Kier alpha value is -3.67. The molecular formula is C33H40N6O4S. The van der Waals surface area contributed by atoms with E-state index >= 15 is 0 Å². The van der Waals surface area contributed by atoms with Crippen molar-refractivity contribution in [3.8, 4) is 0 Å². The second-order valence-corrected chi connectivity index (χ2v) is 14.2. The summed E-state index contributed by atoms with van der Waals surface area (Å²) in [4.78, 5) is 41.5. The summed E-state index contributed by atoms with van der Waals surface area (Å²) in [5.74, 6) is 0.798. The minimum Gasteiger partial charge on any atom is -0.339 e. The van der Waals surface area contributed by atoms with Gasteiger partial charge in [0.25, 0.3) is 11.8 Å². The van der Waals surface area contributed by atoms with Crippen molar-refractivity contribution in [1.82, 2.24) is 24.7 Å². The average molecular weight is 617 g/mol. The molecule has 0 radical (unpaired) electrons. The monoisotopic (exact) mass is 616 g/mol. The molecule has 2 unspecified atom stereocenters. The Kier molecular flexibility index (Phi) is 8.29. The van der Waals surface area contributed by atoms with Gasteiger partial charge in [0.15, 0.2) is 0 Å². The van der Waals surface area contributed by atoms with Gasteiger partial charge in [-0.1, -0.05) is 36.4 Å². The number of hydrogen-bond donors (Lipinski definition) is 1. The highest BCUT2D eigenvalue weighted by Crippen LogP contribution is 2.40. The van der Waals surface area contributed by atoms with Crippen LogP contribution in [0.4, 0.5) is 0 Å². The quantitative estimate of drug-likeness (QED) is 0.432. The number of hydrogen-bond acceptors (Lipinski definition) is 7. The maximum absolute atomic E-state index is 13.4. The molecule has 0 saturated carbocycles. The number of aryl methyl sites for hydroxylation is 2. The van der Waals surface area contributed by atoms with Crippen LogP contribution in [-0.2, 0) is 15.4 Å². The third-order valence-corrected chi connectivity index (χ3v) is 10.9. The van der Waals surface area contributed by atoms with Crippen molar-refractivity contribution in [2.75, 3.05) is 45.8 Å². The molecule has 10 nitrogen and oxygen atoms in total. The highest BCUT2D eigenvalue weighted by molar-refractivity contribution is 7.89. The number of aromatic nitrogens is 2. The van der Waals surface area contributed by atoms with Crippen LogP contribution < -0.4 is 5.14 Å². The van der Waals surface area contributed by atoms with Gasteiger partial charge in [-0.05, 0) is 80.7 Å². The fraction of sp³-hybridized carbons (Fsp3) is 0.455. The van der Waals surface area contributed by atoms with Gasteiger partial charge in [-0.3, -0.25) is 9.59 Å². The summed E-state index contributed by atoms with van der Waals surface area (Å²) in [5.41, 5.74) is 3.69. The summed E-state index contributed by atoms with van der Waals surface area (Å²) in [6.07, 6.45) is 4.16. The van der Waals surface area contributed by atoms with Crippen LogP contribution in [0.5, 0.6) is 0 Å². The maximum Gasteiger partial charge on any atom is 0.257 e. The second-order valence-electron chi connectivity index (χ2n) is 12.7. The van der Waals surface area contributed by atoms with E-state index in [1.165, 1.54) is 24.0 Å². The highest BCUT2D eigenvalue weighted by atomic mass is 32.2. The lowest BCUT2D eigenvalue weighted by Crippen LogP contribution is -2.46. The molecule has 6 rings (SSSR count). The summed E-state index contributed by atoms with van der Waals surface area (Å²) in [6, 6.07) is 16.6. The molecule has 3 aromatic rings. The Morgan fingerprint density at radius 2 is 1.50 bits per heavy atom. The Labute approximate surface area is 259 Å². The molecule has 3 saturated heterocycles. The maximum atomic E-state index is 13.4. The third kappa shape index (κ3) is 6.00. The van der Waals surface area contributed by atoms with Gasteiger partial charge in [0.1, 0.15) is 6.33 Å². The number of fused-ring (bicyclic) bond motifs is 1. The van der Waals surface area contributed by atoms with Crippen LogP contribution in [0.25, 0.3) is 0 Å². The smallest absolute Gasteiger partial charge is 0.257 e. The van der Waals surface area contributed by atoms with Crippen molar-refractivity contribution >= 4 is 21.8 Å². The van der Waals surface area contributed by atoms with Crippen LogP contribution in [0.3, 0.4) is 0 Å². The Morgan fingerprint density at radius 3 is 2.11 bits per heavy atom. The highest BCUT2D eigenvalue weighted by Gasteiger charge is 2.44. The first-order chi connectivity index (χ1) is 21.0. The number of carbonyl (C=O) groups excluding carboxylic acids is 2. The van der Waals surface area contributed by atoms with E-state index in [9.17, 15) is 18.0 Å². The Morgan fingerprint density at radius 1 is 0.864 bits per heavy atom. The molecule has 11 heteroatoms. The van der Waals surface area contributed by atoms with Crippen molar-refractivity contribution in [3.05, 3.63) is 89.0 Å². The summed E-state index contributed by atoms with van der Waals surface area (Å²) in [5, 5.41) is 5.30. The molecule has 0 aliphatic carbocycles. The van der Waals surface area contributed by atoms with Crippen LogP contribution in [0, 0.1) is 25.7 Å². The molecule has 0 bridgehead atoms. The summed E-state index contributed by atoms with van der Waals surface area (Å²) >= 11 is 0. The Bertz CT molecular complexity index is 1620. The zero-order valence-corrected chi connectivity index (χ0v) is 26.2. The molecule has 2 amide bonds. The van der Waals surface area contributed by atoms with Gasteiger partial charge in [-0.25, -0.2) is 23.5 Å². The van der Waals surface area contributed by atoms with Crippen molar-refractivity contribution in [1.29, 1.82) is 0 Å². The van der Waals surface area contributed by atoms with Gasteiger partial charge in [-0.15, -0.1) is 0 Å². The lowest BCUT2D eigenvalue weighted by molar-refractivity contribution is 0.0649. The zero-order chi connectivity index (χ0) is 31.1. The average Bonchev–Trinajstić information content (AvgIpc) is 3.59. The van der Waals surface area contributed by atoms with E-state index in [0.717, 1.165) is 63.4 Å². The number of rotatable bonds is 7. The molecule has 2 N–H and O–H groups in total. The number of carbonyl (C=O) groups is 2. The number of amides is 2. The predicted molar refractivity (Wildman–Crippen MR) is 167 cm³/mol. The number of nitrogens with zero attached hydrogens (tertiary/aromatic N) is 5. The molecule has 0 spiro atoms. The standard InChI is InChI=1S/C33H40N6O4S/c1-23-30(24(2)36-22-35-23)32(41)39-20-26-18-37(19-27(26)21-39)14-11-33(28-8-4-3-5-9-28)12-15-38(16-13-33)31(40)25-7-6-10-29(17-25)44(34,42)43/h3-10,17,22,26-27H,11-16,18-21H2,1-2H3,(H2,34,42,43). The molecule has 44 heavy (non-hydrogen) atoms. The first kappa shape index (κ1) is 30.4. The normalized spacial score (nSPS) is 21.8. The first-order valence-corrected chi connectivity index (χ1v) is 16.9. The van der Waals surface area contributed by atoms with Crippen LogP contribution in [-0.4, -0.2) is 90.7 Å². The number of likely N-dealkylation sites (tertiary alicyclic amines) is 3. The molecule has 2 atom stereocenters. The number of benzene rings is 2. The molecule has 3 aliphatic rings. The summed E-state index contributed by atoms with van der Waals surface area (Å²) < 4.78 is 23.7. The molecule has 2 aromatic carbocycles. The van der Waals surface area contributed by atoms with Gasteiger partial charge in [-0.2, -0.15) is 0 Å². The second kappa shape index (κ2) is 12.0. The van der Waals surface area contributed by atoms with Crippen molar-refractivity contribution in [3.63, 3.8) is 0 Å². The van der Waals surface area contributed by atoms with Crippen molar-refractivity contribution < 1.29 is 18.0 Å². The zero-order valence-electron chi connectivity index (χ0n) is 25.4. The minimum atomic E-state index is -3.89. The van der Waals surface area contributed by atoms with E-state index in [1.54, 1.807) is 12.1 Å². The Balaban J connectivity index is 1.09. The van der Waals surface area contributed by atoms with Crippen LogP contribution >= 0.6 is 0 Å². The van der Waals surface area contributed by atoms with Gasteiger partial charge in [0.05, 0.1) is 21.8 Å².